The predicted molar refractivity (Wildman–Crippen MR) is 333 cm³/mol. The number of unbranched alkanes of at least 4 members (excludes halogenated alkanes) is 35. The highest BCUT2D eigenvalue weighted by Crippen LogP contribution is 2.11. The molecule has 0 radical (unpaired) electrons. The maximum absolute atomic E-state index is 10.1. The predicted octanol–water partition coefficient (Wildman–Crippen LogP) is 19.8. The zero-order valence-corrected chi connectivity index (χ0v) is 53.5. The van der Waals surface area contributed by atoms with Crippen molar-refractivity contribution in [1.82, 2.24) is 0 Å². The van der Waals surface area contributed by atoms with Crippen LogP contribution in [-0.4, -0.2) is 88.6 Å². The van der Waals surface area contributed by atoms with E-state index < -0.39 is 47.8 Å². The molecule has 0 aliphatic rings. The van der Waals surface area contributed by atoms with Crippen LogP contribution in [0.4, 0.5) is 0 Å². The summed E-state index contributed by atoms with van der Waals surface area (Å²) in [6.07, 6.45) is 50.8. The standard InChI is InChI=1S/7C9H18O2.C2H4O2/c7*1-2-3-4-5-6-7-8-9(10)11;1-2(3)4/h7*2-8H2,1H3,(H,10,11);1H3,(H,3,4). The summed E-state index contributed by atoms with van der Waals surface area (Å²) in [7, 11) is 0. The third-order valence-corrected chi connectivity index (χ3v) is 12.2. The van der Waals surface area contributed by atoms with Crippen molar-refractivity contribution < 1.29 is 79.2 Å². The van der Waals surface area contributed by atoms with Crippen molar-refractivity contribution in [3.05, 3.63) is 0 Å². The van der Waals surface area contributed by atoms with E-state index in [0.29, 0.717) is 44.9 Å². The summed E-state index contributed by atoms with van der Waals surface area (Å²) in [5.41, 5.74) is 0. The Balaban J connectivity index is -0.000000126. The van der Waals surface area contributed by atoms with Crippen LogP contribution in [0.5, 0.6) is 0 Å². The lowest BCUT2D eigenvalue weighted by molar-refractivity contribution is -0.138. The minimum atomic E-state index is -0.833. The maximum Gasteiger partial charge on any atom is 0.303 e. The Hall–Kier alpha value is -4.24. The molecule has 16 heteroatoms. The van der Waals surface area contributed by atoms with Gasteiger partial charge >= 0.3 is 41.8 Å². The van der Waals surface area contributed by atoms with Gasteiger partial charge in [-0.05, 0) is 44.9 Å². The van der Waals surface area contributed by atoms with E-state index >= 15 is 0 Å². The Bertz CT molecular complexity index is 1050. The molecule has 81 heavy (non-hydrogen) atoms. The zero-order valence-electron chi connectivity index (χ0n) is 53.5. The van der Waals surface area contributed by atoms with Crippen molar-refractivity contribution in [3.8, 4) is 0 Å². The van der Waals surface area contributed by atoms with Gasteiger partial charge in [0.15, 0.2) is 0 Å². The van der Waals surface area contributed by atoms with Crippen LogP contribution in [0.3, 0.4) is 0 Å². The average Bonchev–Trinajstić information content (AvgIpc) is 3.39. The van der Waals surface area contributed by atoms with Crippen LogP contribution >= 0.6 is 0 Å². The Kier molecular flexibility index (Phi) is 103. The quantitative estimate of drug-likeness (QED) is 0.0263. The van der Waals surface area contributed by atoms with E-state index in [1.54, 1.807) is 0 Å². The van der Waals surface area contributed by atoms with E-state index in [9.17, 15) is 33.6 Å². The van der Waals surface area contributed by atoms with E-state index in [0.717, 1.165) is 96.8 Å². The molecule has 8 N–H and O–H groups in total. The van der Waals surface area contributed by atoms with Gasteiger partial charge in [0.1, 0.15) is 0 Å². The molecule has 0 atom stereocenters. The van der Waals surface area contributed by atoms with Crippen LogP contribution in [-0.2, 0) is 38.4 Å². The molecule has 0 spiro atoms. The number of carbonyl (C=O) groups is 8. The SMILES string of the molecule is CC(=O)O.CCCCCCCCC(=O)O.CCCCCCCCC(=O)O.CCCCCCCCC(=O)O.CCCCCCCCC(=O)O.CCCCCCCCC(=O)O.CCCCCCCCC(=O)O.CCCCCCCCC(=O)O. The fraction of sp³-hybridized carbons (Fsp3) is 0.877. The fourth-order valence-corrected chi connectivity index (χ4v) is 7.40. The second kappa shape index (κ2) is 89.6. The molecule has 0 fully saturated rings. The molecule has 16 nitrogen and oxygen atoms in total. The van der Waals surface area contributed by atoms with Gasteiger partial charge in [-0.15, -0.1) is 0 Å². The van der Waals surface area contributed by atoms with Crippen LogP contribution in [0, 0.1) is 0 Å². The van der Waals surface area contributed by atoms with E-state index in [4.69, 9.17) is 45.6 Å². The normalized spacial score (nSPS) is 9.73. The first kappa shape index (κ1) is 93.2. The molecule has 0 aromatic carbocycles. The smallest absolute Gasteiger partial charge is 0.303 e. The molecule has 0 bridgehead atoms. The van der Waals surface area contributed by atoms with E-state index in [1.165, 1.54) is 180 Å². The maximum atomic E-state index is 10.1. The summed E-state index contributed by atoms with van der Waals surface area (Å²) in [6, 6.07) is 0. The third-order valence-electron chi connectivity index (χ3n) is 12.2. The summed E-state index contributed by atoms with van der Waals surface area (Å²) in [5.74, 6) is -5.50. The average molecular weight is 1170 g/mol. The molecule has 0 amide bonds. The first-order valence-electron chi connectivity index (χ1n) is 32.3. The van der Waals surface area contributed by atoms with Crippen LogP contribution < -0.4 is 0 Å². The molecular formula is C65H130O16. The van der Waals surface area contributed by atoms with Gasteiger partial charge in [0.25, 0.3) is 5.97 Å². The molecule has 0 aliphatic heterocycles. The highest BCUT2D eigenvalue weighted by atomic mass is 16.4. The molecule has 0 saturated carbocycles. The molecule has 0 unspecified atom stereocenters. The summed E-state index contributed by atoms with van der Waals surface area (Å²) in [6.45, 7) is 16.3. The molecule has 0 aromatic rings. The van der Waals surface area contributed by atoms with Gasteiger partial charge in [-0.25, -0.2) is 0 Å². The Labute approximate surface area is 495 Å². The van der Waals surface area contributed by atoms with Gasteiger partial charge in [0, 0.05) is 51.9 Å². The summed E-state index contributed by atoms with van der Waals surface area (Å²) >= 11 is 0. The molecule has 486 valence electrons. The first-order chi connectivity index (χ1) is 38.6. The molecule has 0 saturated heterocycles. The number of rotatable bonds is 49. The molecule has 0 aliphatic carbocycles. The van der Waals surface area contributed by atoms with Gasteiger partial charge in [0.2, 0.25) is 0 Å². The van der Waals surface area contributed by atoms with Crippen molar-refractivity contribution in [2.24, 2.45) is 0 Å². The van der Waals surface area contributed by atoms with Gasteiger partial charge in [-0.3, -0.25) is 38.4 Å². The van der Waals surface area contributed by atoms with Crippen molar-refractivity contribution in [1.29, 1.82) is 0 Å². The second-order valence-corrected chi connectivity index (χ2v) is 20.9. The minimum Gasteiger partial charge on any atom is -0.481 e. The number of aliphatic carboxylic acids is 8. The number of hydrogen-bond donors (Lipinski definition) is 8. The van der Waals surface area contributed by atoms with E-state index in [-0.39, 0.29) is 0 Å². The van der Waals surface area contributed by atoms with Gasteiger partial charge in [-0.2, -0.15) is 0 Å². The lowest BCUT2D eigenvalue weighted by atomic mass is 10.1. The Morgan fingerprint density at radius 3 is 0.321 bits per heavy atom. The summed E-state index contributed by atoms with van der Waals surface area (Å²) in [5, 5.41) is 65.6. The van der Waals surface area contributed by atoms with Gasteiger partial charge in [0.05, 0.1) is 0 Å². The highest BCUT2D eigenvalue weighted by Gasteiger charge is 2.00. The molecule has 0 heterocycles. The zero-order chi connectivity index (χ0) is 63.3. The highest BCUT2D eigenvalue weighted by molar-refractivity contribution is 5.68. The Morgan fingerprint density at radius 1 is 0.173 bits per heavy atom. The topological polar surface area (TPSA) is 298 Å². The third kappa shape index (κ3) is 154. The van der Waals surface area contributed by atoms with Gasteiger partial charge in [-0.1, -0.05) is 273 Å². The van der Waals surface area contributed by atoms with E-state index in [2.05, 4.69) is 48.5 Å². The van der Waals surface area contributed by atoms with Gasteiger partial charge < -0.3 is 40.9 Å². The van der Waals surface area contributed by atoms with Crippen LogP contribution in [0.15, 0.2) is 0 Å². The minimum absolute atomic E-state index is 0.339. The monoisotopic (exact) mass is 1170 g/mol. The van der Waals surface area contributed by atoms with Crippen LogP contribution in [0.25, 0.3) is 0 Å². The largest absolute Gasteiger partial charge is 0.481 e. The first-order valence-corrected chi connectivity index (χ1v) is 32.3. The second-order valence-electron chi connectivity index (χ2n) is 20.9. The van der Waals surface area contributed by atoms with Crippen LogP contribution in [0.2, 0.25) is 0 Å². The summed E-state index contributed by atoms with van der Waals surface area (Å²) in [4.78, 5) is 79.6. The molecular weight excluding hydrogens is 1040 g/mol. The van der Waals surface area contributed by atoms with E-state index in [1.807, 2.05) is 0 Å². The van der Waals surface area contributed by atoms with Crippen molar-refractivity contribution >= 4 is 47.8 Å². The lowest BCUT2D eigenvalue weighted by Crippen LogP contribution is -1.93. The van der Waals surface area contributed by atoms with Crippen LogP contribution in [0.1, 0.15) is 370 Å². The molecule has 0 rings (SSSR count). The van der Waals surface area contributed by atoms with Crippen molar-refractivity contribution in [2.45, 2.75) is 370 Å². The number of carboxylic acids is 8. The number of carboxylic acid groups (broad SMARTS) is 8. The molecule has 0 aromatic heterocycles. The Morgan fingerprint density at radius 2 is 0.247 bits per heavy atom. The van der Waals surface area contributed by atoms with Crippen molar-refractivity contribution in [3.63, 3.8) is 0 Å². The summed E-state index contributed by atoms with van der Waals surface area (Å²) < 4.78 is 0. The van der Waals surface area contributed by atoms with Crippen molar-refractivity contribution in [2.75, 3.05) is 0 Å². The lowest BCUT2D eigenvalue weighted by Gasteiger charge is -1.97. The fourth-order valence-electron chi connectivity index (χ4n) is 7.40. The number of hydrogen-bond acceptors (Lipinski definition) is 8.